The number of rotatable bonds is 6. The number of nitrogens with two attached hydrogens (primary N) is 1. The van der Waals surface area contributed by atoms with Crippen LogP contribution in [0.25, 0.3) is 0 Å². The van der Waals surface area contributed by atoms with E-state index in [9.17, 15) is 10.1 Å². The normalized spacial score (nSPS) is 10.2. The lowest BCUT2D eigenvalue weighted by molar-refractivity contribution is -0.384. The topological polar surface area (TPSA) is 90.4 Å². The minimum Gasteiger partial charge on any atom is -0.493 e. The monoisotopic (exact) mass is 279 g/mol. The number of non-ortho nitro benzene ring substituents is 1. The zero-order valence-corrected chi connectivity index (χ0v) is 10.9. The van der Waals surface area contributed by atoms with Gasteiger partial charge in [-0.3, -0.25) is 16.0 Å². The first kappa shape index (κ1) is 13.3. The number of ether oxygens (including phenoxy) is 1. The van der Waals surface area contributed by atoms with Gasteiger partial charge in [-0.15, -0.1) is 11.3 Å². The zero-order chi connectivity index (χ0) is 13.7. The molecule has 19 heavy (non-hydrogen) atoms. The first-order valence-corrected chi connectivity index (χ1v) is 6.48. The van der Waals surface area contributed by atoms with Crippen molar-refractivity contribution in [1.82, 2.24) is 0 Å². The fraction of sp³-hybridized carbons (Fsp3) is 0.167. The van der Waals surface area contributed by atoms with Gasteiger partial charge in [0.2, 0.25) is 0 Å². The van der Waals surface area contributed by atoms with Crippen molar-refractivity contribution in [3.63, 3.8) is 0 Å². The van der Waals surface area contributed by atoms with Crippen LogP contribution in [-0.2, 0) is 6.42 Å². The highest BCUT2D eigenvalue weighted by molar-refractivity contribution is 7.09. The van der Waals surface area contributed by atoms with Crippen molar-refractivity contribution < 1.29 is 9.66 Å². The number of benzene rings is 1. The van der Waals surface area contributed by atoms with E-state index < -0.39 is 4.92 Å². The van der Waals surface area contributed by atoms with Gasteiger partial charge < -0.3 is 10.2 Å². The molecule has 2 aromatic rings. The molecular weight excluding hydrogens is 266 g/mol. The van der Waals surface area contributed by atoms with Gasteiger partial charge in [-0.25, -0.2) is 0 Å². The SMILES string of the molecule is NNc1cc(OCCc2cccs2)cc([N+](=O)[O-])c1. The Balaban J connectivity index is 2.02. The van der Waals surface area contributed by atoms with Crippen LogP contribution in [0.3, 0.4) is 0 Å². The highest BCUT2D eigenvalue weighted by atomic mass is 32.1. The van der Waals surface area contributed by atoms with Crippen LogP contribution in [0.2, 0.25) is 0 Å². The van der Waals surface area contributed by atoms with Crippen LogP contribution in [0, 0.1) is 10.1 Å². The molecule has 1 aromatic carbocycles. The third-order valence-corrected chi connectivity index (χ3v) is 3.40. The Hall–Kier alpha value is -2.12. The van der Waals surface area contributed by atoms with E-state index in [-0.39, 0.29) is 5.69 Å². The molecule has 0 bridgehead atoms. The second-order valence-electron chi connectivity index (χ2n) is 3.79. The molecule has 0 unspecified atom stereocenters. The van der Waals surface area contributed by atoms with Crippen molar-refractivity contribution in [3.8, 4) is 5.75 Å². The Kier molecular flexibility index (Phi) is 4.32. The smallest absolute Gasteiger partial charge is 0.275 e. The van der Waals surface area contributed by atoms with E-state index in [1.54, 1.807) is 17.4 Å². The van der Waals surface area contributed by atoms with Crippen molar-refractivity contribution in [3.05, 3.63) is 50.7 Å². The summed E-state index contributed by atoms with van der Waals surface area (Å²) in [5, 5.41) is 12.8. The molecule has 0 aliphatic rings. The van der Waals surface area contributed by atoms with Crippen LogP contribution in [0.5, 0.6) is 5.75 Å². The molecule has 0 atom stereocenters. The highest BCUT2D eigenvalue weighted by Crippen LogP contribution is 2.25. The fourth-order valence-electron chi connectivity index (χ4n) is 1.58. The van der Waals surface area contributed by atoms with Crippen LogP contribution >= 0.6 is 11.3 Å². The van der Waals surface area contributed by atoms with Crippen LogP contribution in [0.15, 0.2) is 35.7 Å². The quantitative estimate of drug-likeness (QED) is 0.482. The molecule has 0 saturated carbocycles. The molecule has 1 aromatic heterocycles. The summed E-state index contributed by atoms with van der Waals surface area (Å²) in [4.78, 5) is 11.5. The number of nitro groups is 1. The third-order valence-electron chi connectivity index (χ3n) is 2.47. The molecule has 0 radical (unpaired) electrons. The summed E-state index contributed by atoms with van der Waals surface area (Å²) in [7, 11) is 0. The largest absolute Gasteiger partial charge is 0.493 e. The van der Waals surface area contributed by atoms with Crippen LogP contribution in [0.4, 0.5) is 11.4 Å². The predicted octanol–water partition coefficient (Wildman–Crippen LogP) is 2.56. The van der Waals surface area contributed by atoms with E-state index >= 15 is 0 Å². The molecule has 2 rings (SSSR count). The average Bonchev–Trinajstić information content (AvgIpc) is 2.91. The van der Waals surface area contributed by atoms with Gasteiger partial charge in [-0.1, -0.05) is 6.07 Å². The Labute approximate surface area is 113 Å². The lowest BCUT2D eigenvalue weighted by atomic mass is 10.2. The molecule has 0 amide bonds. The van der Waals surface area contributed by atoms with E-state index in [4.69, 9.17) is 10.6 Å². The predicted molar refractivity (Wildman–Crippen MR) is 74.4 cm³/mol. The molecule has 0 saturated heterocycles. The van der Waals surface area contributed by atoms with Crippen molar-refractivity contribution in [2.24, 2.45) is 5.84 Å². The number of hydrogen-bond acceptors (Lipinski definition) is 6. The van der Waals surface area contributed by atoms with E-state index in [0.29, 0.717) is 18.0 Å². The van der Waals surface area contributed by atoms with Gasteiger partial charge in [0.05, 0.1) is 23.3 Å². The number of thiophene rings is 1. The lowest BCUT2D eigenvalue weighted by Crippen LogP contribution is -2.08. The Morgan fingerprint density at radius 3 is 2.89 bits per heavy atom. The second-order valence-corrected chi connectivity index (χ2v) is 4.83. The minimum absolute atomic E-state index is 0.0541. The lowest BCUT2D eigenvalue weighted by Gasteiger charge is -2.07. The number of hydrazine groups is 1. The standard InChI is InChI=1S/C12H13N3O3S/c13-14-9-6-10(15(16)17)8-11(7-9)18-4-3-12-2-1-5-19-12/h1-2,5-8,14H,3-4,13H2. The Morgan fingerprint density at radius 2 is 2.26 bits per heavy atom. The van der Waals surface area contributed by atoms with Gasteiger partial charge in [0.1, 0.15) is 5.75 Å². The fourth-order valence-corrected chi connectivity index (χ4v) is 2.27. The van der Waals surface area contributed by atoms with E-state index in [1.165, 1.54) is 17.0 Å². The van der Waals surface area contributed by atoms with E-state index in [1.807, 2.05) is 17.5 Å². The summed E-state index contributed by atoms with van der Waals surface area (Å²) in [6.45, 7) is 0.464. The maximum absolute atomic E-state index is 10.8. The molecule has 1 heterocycles. The first-order chi connectivity index (χ1) is 9.19. The third kappa shape index (κ3) is 3.67. The highest BCUT2D eigenvalue weighted by Gasteiger charge is 2.10. The van der Waals surface area contributed by atoms with Crippen LogP contribution in [0.1, 0.15) is 4.88 Å². The molecule has 0 aliphatic heterocycles. The molecule has 3 N–H and O–H groups in total. The number of anilines is 1. The van der Waals surface area contributed by atoms with Gasteiger partial charge in [-0.2, -0.15) is 0 Å². The van der Waals surface area contributed by atoms with E-state index in [2.05, 4.69) is 5.43 Å². The molecule has 0 spiro atoms. The molecule has 0 aliphatic carbocycles. The van der Waals surface area contributed by atoms with Gasteiger partial charge in [0.15, 0.2) is 0 Å². The van der Waals surface area contributed by atoms with Gasteiger partial charge in [0.25, 0.3) is 5.69 Å². The second kappa shape index (κ2) is 6.17. The molecule has 0 fully saturated rings. The number of nitro benzene ring substituents is 1. The summed E-state index contributed by atoms with van der Waals surface area (Å²) in [6.07, 6.45) is 0.770. The molecule has 6 nitrogen and oxygen atoms in total. The van der Waals surface area contributed by atoms with Gasteiger partial charge in [-0.05, 0) is 11.4 Å². The molecular formula is C12H13N3O3S. The molecule has 100 valence electrons. The number of nitrogens with zero attached hydrogens (tertiary/aromatic N) is 1. The zero-order valence-electron chi connectivity index (χ0n) is 10.0. The summed E-state index contributed by atoms with van der Waals surface area (Å²) in [5.41, 5.74) is 2.77. The first-order valence-electron chi connectivity index (χ1n) is 5.60. The Bertz CT molecular complexity index is 557. The van der Waals surface area contributed by atoms with Crippen molar-refractivity contribution in [2.75, 3.05) is 12.0 Å². The summed E-state index contributed by atoms with van der Waals surface area (Å²) < 4.78 is 5.52. The van der Waals surface area contributed by atoms with Crippen molar-refractivity contribution >= 4 is 22.7 Å². The molecule has 7 heteroatoms. The van der Waals surface area contributed by atoms with Crippen molar-refractivity contribution in [1.29, 1.82) is 0 Å². The van der Waals surface area contributed by atoms with Crippen LogP contribution < -0.4 is 16.0 Å². The summed E-state index contributed by atoms with van der Waals surface area (Å²) >= 11 is 1.65. The number of nitrogen functional groups attached to an aromatic ring is 1. The maximum Gasteiger partial charge on any atom is 0.275 e. The summed E-state index contributed by atoms with van der Waals surface area (Å²) in [5.74, 6) is 5.70. The average molecular weight is 279 g/mol. The van der Waals surface area contributed by atoms with Crippen LogP contribution in [-0.4, -0.2) is 11.5 Å². The minimum atomic E-state index is -0.479. The number of hydrogen-bond donors (Lipinski definition) is 2. The van der Waals surface area contributed by atoms with Gasteiger partial charge >= 0.3 is 0 Å². The van der Waals surface area contributed by atoms with E-state index in [0.717, 1.165) is 6.42 Å². The van der Waals surface area contributed by atoms with Crippen molar-refractivity contribution in [2.45, 2.75) is 6.42 Å². The van der Waals surface area contributed by atoms with Gasteiger partial charge in [0, 0.05) is 23.4 Å². The summed E-state index contributed by atoms with van der Waals surface area (Å²) in [6, 6.07) is 8.36. The number of nitrogens with one attached hydrogen (secondary N) is 1. The Morgan fingerprint density at radius 1 is 1.42 bits per heavy atom. The maximum atomic E-state index is 10.8.